The molecule has 2 rings (SSSR count). The molecule has 0 bridgehead atoms. The highest BCUT2D eigenvalue weighted by Crippen LogP contribution is 2.05. The molecular weight excluding hydrogens is 224 g/mol. The lowest BCUT2D eigenvalue weighted by molar-refractivity contribution is -0.552. The van der Waals surface area contributed by atoms with Gasteiger partial charge in [0.2, 0.25) is 0 Å². The molecule has 90 valence electrons. The Hall–Kier alpha value is -2.42. The average Bonchev–Trinajstić information content (AvgIpc) is 2.37. The van der Waals surface area contributed by atoms with E-state index >= 15 is 0 Å². The summed E-state index contributed by atoms with van der Waals surface area (Å²) in [6, 6.07) is 13.0. The Labute approximate surface area is 106 Å². The highest BCUT2D eigenvalue weighted by molar-refractivity contribution is 6.05. The number of carbonyl (C=O) groups is 1. The molecule has 0 saturated heterocycles. The Morgan fingerprint density at radius 3 is 2.78 bits per heavy atom. The number of anilines is 1. The third-order valence-corrected chi connectivity index (χ3v) is 2.61. The number of aromatic nitrogens is 1. The van der Waals surface area contributed by atoms with Gasteiger partial charge in [-0.15, -0.1) is 0 Å². The first-order valence-electron chi connectivity index (χ1n) is 5.71. The predicted molar refractivity (Wildman–Crippen MR) is 71.9 cm³/mol. The van der Waals surface area contributed by atoms with E-state index in [2.05, 4.69) is 0 Å². The number of carbonyl (C=O) groups excluding carboxylic acids is 1. The van der Waals surface area contributed by atoms with E-state index in [-0.39, 0.29) is 5.78 Å². The molecule has 3 heteroatoms. The van der Waals surface area contributed by atoms with Crippen LogP contribution in [0.15, 0.2) is 54.7 Å². The molecule has 1 heterocycles. The van der Waals surface area contributed by atoms with E-state index in [4.69, 9.17) is 5.73 Å². The summed E-state index contributed by atoms with van der Waals surface area (Å²) in [6.45, 7) is 1.96. The summed E-state index contributed by atoms with van der Waals surface area (Å²) in [5.74, 6) is 0.556. The molecule has 3 nitrogen and oxygen atoms in total. The molecule has 1 aromatic carbocycles. The zero-order valence-corrected chi connectivity index (χ0v) is 10.2. The van der Waals surface area contributed by atoms with Crippen LogP contribution >= 0.6 is 0 Å². The quantitative estimate of drug-likeness (QED) is 0.507. The highest BCUT2D eigenvalue weighted by Gasteiger charge is 2.03. The van der Waals surface area contributed by atoms with Crippen molar-refractivity contribution in [2.24, 2.45) is 0 Å². The molecule has 0 aliphatic carbocycles. The van der Waals surface area contributed by atoms with Crippen LogP contribution in [0.3, 0.4) is 0 Å². The van der Waals surface area contributed by atoms with Gasteiger partial charge >= 0.3 is 0 Å². The van der Waals surface area contributed by atoms with Crippen molar-refractivity contribution in [2.75, 3.05) is 5.73 Å². The second kappa shape index (κ2) is 5.27. The lowest BCUT2D eigenvalue weighted by Gasteiger charge is -1.98. The molecule has 2 aromatic rings. The van der Waals surface area contributed by atoms with Crippen LogP contribution in [0.5, 0.6) is 0 Å². The van der Waals surface area contributed by atoms with Gasteiger partial charge in [-0.05, 0) is 19.1 Å². The maximum absolute atomic E-state index is 11.9. The Bertz CT molecular complexity index is 603. The lowest BCUT2D eigenvalue weighted by Crippen LogP contribution is -2.29. The smallest absolute Gasteiger partial charge is 0.276 e. The molecule has 2 N–H and O–H groups in total. The van der Waals surface area contributed by atoms with Crippen LogP contribution in [-0.4, -0.2) is 5.78 Å². The Kier molecular flexibility index (Phi) is 3.53. The number of pyridine rings is 1. The van der Waals surface area contributed by atoms with Crippen molar-refractivity contribution < 1.29 is 9.36 Å². The summed E-state index contributed by atoms with van der Waals surface area (Å²) in [5.41, 5.74) is 7.52. The van der Waals surface area contributed by atoms with Gasteiger partial charge < -0.3 is 0 Å². The average molecular weight is 239 g/mol. The summed E-state index contributed by atoms with van der Waals surface area (Å²) in [5, 5.41) is 0. The third kappa shape index (κ3) is 2.83. The molecule has 0 saturated carbocycles. The van der Waals surface area contributed by atoms with Gasteiger partial charge in [-0.3, -0.25) is 10.5 Å². The lowest BCUT2D eigenvalue weighted by atomic mass is 10.1. The fraction of sp³-hybridized carbons (Fsp3) is 0.0667. The monoisotopic (exact) mass is 239 g/mol. The Balaban J connectivity index is 2.20. The molecule has 0 atom stereocenters. The minimum Gasteiger partial charge on any atom is -0.289 e. The molecule has 0 spiro atoms. The van der Waals surface area contributed by atoms with E-state index < -0.39 is 0 Å². The molecule has 0 fully saturated rings. The third-order valence-electron chi connectivity index (χ3n) is 2.61. The first kappa shape index (κ1) is 12.0. The number of aryl methyl sites for hydroxylation is 1. The largest absolute Gasteiger partial charge is 0.289 e. The summed E-state index contributed by atoms with van der Waals surface area (Å²) >= 11 is 0. The molecule has 0 aliphatic rings. The van der Waals surface area contributed by atoms with Crippen LogP contribution in [0.2, 0.25) is 0 Å². The number of nitrogens with zero attached hydrogens (tertiary/aromatic N) is 1. The van der Waals surface area contributed by atoms with Gasteiger partial charge in [-0.1, -0.05) is 29.8 Å². The zero-order valence-electron chi connectivity index (χ0n) is 10.2. The normalized spacial score (nSPS) is 10.7. The number of ketones is 1. The van der Waals surface area contributed by atoms with Crippen LogP contribution in [0, 0.1) is 6.92 Å². The number of allylic oxidation sites excluding steroid dienone is 1. The number of hydrogen-bond donors (Lipinski definition) is 1. The first-order valence-corrected chi connectivity index (χ1v) is 5.71. The zero-order chi connectivity index (χ0) is 13.0. The van der Waals surface area contributed by atoms with Crippen molar-refractivity contribution in [3.63, 3.8) is 0 Å². The summed E-state index contributed by atoms with van der Waals surface area (Å²) in [4.78, 5) is 11.9. The van der Waals surface area contributed by atoms with Crippen LogP contribution < -0.4 is 10.3 Å². The highest BCUT2D eigenvalue weighted by atomic mass is 16.1. The van der Waals surface area contributed by atoms with Crippen molar-refractivity contribution in [2.45, 2.75) is 6.92 Å². The first-order chi connectivity index (χ1) is 8.66. The molecule has 0 radical (unpaired) electrons. The van der Waals surface area contributed by atoms with Gasteiger partial charge in [0.15, 0.2) is 5.78 Å². The van der Waals surface area contributed by atoms with E-state index in [0.717, 1.165) is 5.56 Å². The SMILES string of the molecule is Cc1cccc(C(=O)C=C[n+]2ccccc2N)c1. The van der Waals surface area contributed by atoms with Gasteiger partial charge in [0, 0.05) is 17.7 Å². The fourth-order valence-corrected chi connectivity index (χ4v) is 1.65. The van der Waals surface area contributed by atoms with Gasteiger partial charge in [-0.2, -0.15) is 0 Å². The van der Waals surface area contributed by atoms with E-state index in [9.17, 15) is 4.79 Å². The van der Waals surface area contributed by atoms with Crippen molar-refractivity contribution >= 4 is 17.8 Å². The number of rotatable bonds is 3. The second-order valence-corrected chi connectivity index (χ2v) is 4.08. The molecule has 0 aliphatic heterocycles. The van der Waals surface area contributed by atoms with Crippen LogP contribution in [0.4, 0.5) is 5.82 Å². The minimum absolute atomic E-state index is 0.0329. The van der Waals surface area contributed by atoms with E-state index in [1.54, 1.807) is 29.1 Å². The van der Waals surface area contributed by atoms with Crippen LogP contribution in [0.1, 0.15) is 15.9 Å². The molecule has 18 heavy (non-hydrogen) atoms. The van der Waals surface area contributed by atoms with Gasteiger partial charge in [0.1, 0.15) is 0 Å². The van der Waals surface area contributed by atoms with E-state index in [1.807, 2.05) is 37.3 Å². The van der Waals surface area contributed by atoms with Crippen molar-refractivity contribution in [1.82, 2.24) is 0 Å². The Morgan fingerprint density at radius 1 is 1.22 bits per heavy atom. The van der Waals surface area contributed by atoms with Crippen molar-refractivity contribution in [3.8, 4) is 0 Å². The number of nitrogen functional groups attached to an aromatic ring is 1. The second-order valence-electron chi connectivity index (χ2n) is 4.08. The van der Waals surface area contributed by atoms with Gasteiger partial charge in [-0.25, -0.2) is 4.57 Å². The predicted octanol–water partition coefficient (Wildman–Crippen LogP) is 2.22. The minimum atomic E-state index is -0.0329. The Morgan fingerprint density at radius 2 is 2.06 bits per heavy atom. The summed E-state index contributed by atoms with van der Waals surface area (Å²) < 4.78 is 1.70. The summed E-state index contributed by atoms with van der Waals surface area (Å²) in [7, 11) is 0. The maximum atomic E-state index is 11.9. The topological polar surface area (TPSA) is 47.0 Å². The number of benzene rings is 1. The standard InChI is InChI=1S/C15H14N2O/c1-12-5-4-6-13(11-12)14(18)8-10-17-9-3-2-7-15(17)16/h2-11,16H,1H3/p+1. The molecule has 0 amide bonds. The molecular formula is C15H15N2O+. The molecule has 0 unspecified atom stereocenters. The van der Waals surface area contributed by atoms with Crippen LogP contribution in [0.25, 0.3) is 6.20 Å². The number of hydrogen-bond acceptors (Lipinski definition) is 2. The summed E-state index contributed by atoms with van der Waals surface area (Å²) in [6.07, 6.45) is 4.99. The van der Waals surface area contributed by atoms with Gasteiger partial charge in [0.25, 0.3) is 5.82 Å². The van der Waals surface area contributed by atoms with Crippen LogP contribution in [-0.2, 0) is 0 Å². The van der Waals surface area contributed by atoms with E-state index in [1.165, 1.54) is 6.08 Å². The van der Waals surface area contributed by atoms with Crippen molar-refractivity contribution in [3.05, 3.63) is 65.9 Å². The maximum Gasteiger partial charge on any atom is 0.276 e. The van der Waals surface area contributed by atoms with Gasteiger partial charge in [0.05, 0.1) is 12.4 Å². The molecule has 1 aromatic heterocycles. The van der Waals surface area contributed by atoms with E-state index in [0.29, 0.717) is 11.4 Å². The fourth-order valence-electron chi connectivity index (χ4n) is 1.65. The van der Waals surface area contributed by atoms with Crippen molar-refractivity contribution in [1.29, 1.82) is 0 Å². The number of nitrogens with two attached hydrogens (primary N) is 1.